The minimum absolute atomic E-state index is 0. The first-order chi connectivity index (χ1) is 12.6. The maximum Gasteiger partial charge on any atom is 1.00 e. The molecule has 2 aromatic rings. The summed E-state index contributed by atoms with van der Waals surface area (Å²) in [6, 6.07) is 5.38. The van der Waals surface area contributed by atoms with E-state index in [9.17, 15) is 19.3 Å². The summed E-state index contributed by atoms with van der Waals surface area (Å²) in [5, 5.41) is 26.5. The number of aromatic hydroxyl groups is 1. The maximum atomic E-state index is 11.3. The Labute approximate surface area is 237 Å². The number of rotatable bonds is 7. The number of carbonyl (C=O) groups is 2. The molecule has 142 valence electrons. The molecule has 0 unspecified atom stereocenters. The van der Waals surface area contributed by atoms with Gasteiger partial charge in [0.2, 0.25) is 0 Å². The second-order valence-electron chi connectivity index (χ2n) is 5.20. The van der Waals surface area contributed by atoms with E-state index in [-0.39, 0.29) is 129 Å². The van der Waals surface area contributed by atoms with Crippen molar-refractivity contribution in [2.75, 3.05) is 0 Å². The quantitative estimate of drug-likeness (QED) is 0.134. The number of hydrogen-bond donors (Lipinski definition) is 4. The van der Waals surface area contributed by atoms with Crippen LogP contribution in [0.15, 0.2) is 34.5 Å². The van der Waals surface area contributed by atoms with Gasteiger partial charge >= 0.3 is 102 Å². The van der Waals surface area contributed by atoms with Crippen molar-refractivity contribution >= 4 is 31.6 Å². The van der Waals surface area contributed by atoms with E-state index >= 15 is 0 Å². The van der Waals surface area contributed by atoms with Crippen molar-refractivity contribution in [3.63, 3.8) is 0 Å². The smallest absolute Gasteiger partial charge is 0.505 e. The van der Waals surface area contributed by atoms with Crippen molar-refractivity contribution in [3.8, 4) is 5.75 Å². The van der Waals surface area contributed by atoms with Gasteiger partial charge in [-0.1, -0.05) is 0 Å². The zero-order valence-corrected chi connectivity index (χ0v) is 23.7. The first-order valence-electron chi connectivity index (χ1n) is 7.25. The fourth-order valence-corrected chi connectivity index (χ4v) is 2.31. The van der Waals surface area contributed by atoms with Crippen LogP contribution in [0.2, 0.25) is 0 Å². The van der Waals surface area contributed by atoms with Gasteiger partial charge in [0.1, 0.15) is 5.75 Å². The minimum atomic E-state index is -4.85. The summed E-state index contributed by atoms with van der Waals surface area (Å²) < 4.78 is 15.3. The molecule has 0 amide bonds. The molecule has 0 fully saturated rings. The number of nitrogens with zero attached hydrogens (tertiary/aromatic N) is 3. The Kier molecular flexibility index (Phi) is 15.3. The van der Waals surface area contributed by atoms with Gasteiger partial charge in [0, 0.05) is 5.56 Å². The van der Waals surface area contributed by atoms with Crippen LogP contribution in [0.25, 0.3) is 0 Å². The van der Waals surface area contributed by atoms with E-state index in [2.05, 4.69) is 19.7 Å². The molecule has 0 saturated heterocycles. The van der Waals surface area contributed by atoms with Crippen molar-refractivity contribution in [2.24, 2.45) is 10.2 Å². The normalized spacial score (nSPS) is 10.5. The molecule has 0 aliphatic heterocycles. The Balaban J connectivity index is 0. The second kappa shape index (κ2) is 14.2. The second-order valence-corrected chi connectivity index (χ2v) is 6.43. The van der Waals surface area contributed by atoms with Crippen LogP contribution in [0.5, 0.6) is 5.75 Å². The molecule has 1 aromatic heterocycles. The number of carbonyl (C=O) groups excluding carboxylic acids is 1. The summed E-state index contributed by atoms with van der Waals surface area (Å²) in [6.07, 6.45) is 0.281. The molecule has 2 rings (SSSR count). The fourth-order valence-electron chi connectivity index (χ4n) is 2.01. The summed E-state index contributed by atoms with van der Waals surface area (Å²) in [6.45, 7) is 0.655. The summed E-state index contributed by atoms with van der Waals surface area (Å²) in [7, 11) is -4.85. The first kappa shape index (κ1) is 32.2. The van der Waals surface area contributed by atoms with Gasteiger partial charge in [-0.2, -0.15) is 0 Å². The number of aryl methyl sites for hydroxylation is 1. The van der Waals surface area contributed by atoms with Crippen molar-refractivity contribution < 1.29 is 127 Å². The van der Waals surface area contributed by atoms with Crippen LogP contribution in [-0.4, -0.2) is 37.2 Å². The molecule has 1 heterocycles. The molecule has 15 heteroatoms. The van der Waals surface area contributed by atoms with Crippen molar-refractivity contribution in [3.05, 3.63) is 46.6 Å². The van der Waals surface area contributed by atoms with Crippen LogP contribution in [0.3, 0.4) is 0 Å². The average molecular weight is 464 g/mol. The molecule has 0 radical (unpaired) electrons. The molecule has 0 bridgehead atoms. The van der Waals surface area contributed by atoms with Crippen molar-refractivity contribution in [1.29, 1.82) is 0 Å². The molecule has 4 N–H and O–H groups in total. The molecule has 0 atom stereocenters. The topological polar surface area (TPSA) is 179 Å². The molecule has 0 spiro atoms. The number of aldehydes is 1. The molecule has 11 nitrogen and oxygen atoms in total. The monoisotopic (exact) mass is 464 g/mol. The standard InChI is InChI=1S/C15H14N3O8P.3Na/c1-8-13(20)11(6-19)12(7-26-27(23,24)25)14(16-8)18-17-10-4-2-9(3-5-10)15(21)22;;;/h2-6,20H,7H2,1H3,(H,21,22)(H2,23,24,25);;;/q;3*+1. The number of aromatic nitrogens is 1. The van der Waals surface area contributed by atoms with Crippen LogP contribution in [0, 0.1) is 6.92 Å². The van der Waals surface area contributed by atoms with E-state index in [4.69, 9.17) is 14.9 Å². The third-order valence-corrected chi connectivity index (χ3v) is 3.80. The van der Waals surface area contributed by atoms with Crippen LogP contribution in [0.1, 0.15) is 32.0 Å². The van der Waals surface area contributed by atoms with Gasteiger partial charge < -0.3 is 20.0 Å². The van der Waals surface area contributed by atoms with E-state index in [0.29, 0.717) is 0 Å². The zero-order chi connectivity index (χ0) is 20.2. The number of hydrogen-bond acceptors (Lipinski definition) is 8. The van der Waals surface area contributed by atoms with E-state index in [1.165, 1.54) is 31.2 Å². The Hall–Kier alpha value is 0.0200. The number of benzene rings is 1. The van der Waals surface area contributed by atoms with Gasteiger partial charge in [-0.05, 0) is 31.2 Å². The van der Waals surface area contributed by atoms with Crippen molar-refractivity contribution in [2.45, 2.75) is 13.5 Å². The molecule has 30 heavy (non-hydrogen) atoms. The van der Waals surface area contributed by atoms with Gasteiger partial charge in [0.05, 0.1) is 29.1 Å². The number of carboxylic acid groups (broad SMARTS) is 1. The maximum absolute atomic E-state index is 11.3. The van der Waals surface area contributed by atoms with Gasteiger partial charge in [-0.15, -0.1) is 10.2 Å². The molecular weight excluding hydrogens is 450 g/mol. The van der Waals surface area contributed by atoms with E-state index < -0.39 is 26.1 Å². The van der Waals surface area contributed by atoms with E-state index in [1.54, 1.807) is 0 Å². The largest absolute Gasteiger partial charge is 1.00 e. The van der Waals surface area contributed by atoms with E-state index in [1.807, 2.05) is 0 Å². The number of pyridine rings is 1. The van der Waals surface area contributed by atoms with Gasteiger partial charge in [0.25, 0.3) is 0 Å². The Bertz CT molecular complexity index is 967. The van der Waals surface area contributed by atoms with Crippen LogP contribution < -0.4 is 88.7 Å². The van der Waals surface area contributed by atoms with Crippen molar-refractivity contribution in [1.82, 2.24) is 4.98 Å². The number of aromatic carboxylic acids is 1. The third kappa shape index (κ3) is 9.25. The summed E-state index contributed by atoms with van der Waals surface area (Å²) >= 11 is 0. The molecule has 0 aliphatic carbocycles. The third-order valence-electron chi connectivity index (χ3n) is 3.34. The number of phosphoric ester groups is 1. The minimum Gasteiger partial charge on any atom is -0.505 e. The van der Waals surface area contributed by atoms with Crippen LogP contribution >= 0.6 is 7.82 Å². The van der Waals surface area contributed by atoms with Gasteiger partial charge in [0.15, 0.2) is 12.1 Å². The Morgan fingerprint density at radius 3 is 2.20 bits per heavy atom. The van der Waals surface area contributed by atoms with Crippen LogP contribution in [-0.2, 0) is 15.7 Å². The molecule has 0 saturated carbocycles. The predicted octanol–water partition coefficient (Wildman–Crippen LogP) is -6.36. The summed E-state index contributed by atoms with van der Waals surface area (Å²) in [5.74, 6) is -1.77. The van der Waals surface area contributed by atoms with Gasteiger partial charge in [-0.3, -0.25) is 9.32 Å². The average Bonchev–Trinajstić information content (AvgIpc) is 2.60. The first-order valence-corrected chi connectivity index (χ1v) is 8.78. The number of phosphoric acid groups is 1. The zero-order valence-electron chi connectivity index (χ0n) is 16.8. The summed E-state index contributed by atoms with van der Waals surface area (Å²) in [5.41, 5.74) is -0.0887. The fraction of sp³-hybridized carbons (Fsp3) is 0.133. The van der Waals surface area contributed by atoms with Gasteiger partial charge in [-0.25, -0.2) is 14.3 Å². The Morgan fingerprint density at radius 2 is 1.73 bits per heavy atom. The molecule has 1 aromatic carbocycles. The number of carboxylic acids is 1. The molecular formula is C15H14N3Na3O8P+3. The SMILES string of the molecule is Cc1nc(N=Nc2ccc(C(=O)O)cc2)c(COP(=O)(O)O)c(C=O)c1O.[Na+].[Na+].[Na+]. The Morgan fingerprint density at radius 1 is 1.17 bits per heavy atom. The predicted molar refractivity (Wildman–Crippen MR) is 90.4 cm³/mol. The van der Waals surface area contributed by atoms with E-state index in [0.717, 1.165) is 0 Å². The molecule has 0 aliphatic rings. The number of azo groups is 1. The summed E-state index contributed by atoms with van der Waals surface area (Å²) in [4.78, 5) is 43.8. The van der Waals surface area contributed by atoms with Crippen LogP contribution in [0.4, 0.5) is 11.5 Å².